The van der Waals surface area contributed by atoms with Crippen molar-refractivity contribution >= 4 is 21.4 Å². The second-order valence-electron chi connectivity index (χ2n) is 5.89. The molecule has 0 aliphatic heterocycles. The van der Waals surface area contributed by atoms with Crippen molar-refractivity contribution in [1.29, 1.82) is 0 Å². The molecule has 1 aliphatic rings. The van der Waals surface area contributed by atoms with Gasteiger partial charge in [-0.1, -0.05) is 32.0 Å². The molecule has 0 spiro atoms. The van der Waals surface area contributed by atoms with Gasteiger partial charge in [-0.3, -0.25) is 0 Å². The smallest absolute Gasteiger partial charge is 0.0345 e. The van der Waals surface area contributed by atoms with Gasteiger partial charge in [-0.15, -0.1) is 11.3 Å². The molecule has 0 bridgehead atoms. The first-order chi connectivity index (χ1) is 8.17. The zero-order valence-electron chi connectivity index (χ0n) is 10.7. The zero-order chi connectivity index (χ0) is 11.9. The molecule has 3 rings (SSSR count). The molecule has 0 atom stereocenters. The first-order valence-corrected chi connectivity index (χ1v) is 7.48. The summed E-state index contributed by atoms with van der Waals surface area (Å²) in [7, 11) is 0. The van der Waals surface area contributed by atoms with Gasteiger partial charge in [0.1, 0.15) is 0 Å². The molecule has 0 radical (unpaired) electrons. The molecule has 0 unspecified atom stereocenters. The van der Waals surface area contributed by atoms with E-state index in [9.17, 15) is 0 Å². The molecule has 0 N–H and O–H groups in total. The Morgan fingerprint density at radius 3 is 2.59 bits per heavy atom. The van der Waals surface area contributed by atoms with Crippen molar-refractivity contribution in [1.82, 2.24) is 0 Å². The van der Waals surface area contributed by atoms with Gasteiger partial charge in [0.05, 0.1) is 0 Å². The van der Waals surface area contributed by atoms with E-state index in [1.54, 1.807) is 4.88 Å². The molecule has 1 fully saturated rings. The first kappa shape index (κ1) is 11.3. The van der Waals surface area contributed by atoms with E-state index in [1.807, 2.05) is 11.3 Å². The minimum absolute atomic E-state index is 0.441. The lowest BCUT2D eigenvalue weighted by Crippen LogP contribution is -2.26. The summed E-state index contributed by atoms with van der Waals surface area (Å²) in [6.07, 6.45) is 5.51. The molecular formula is C16H20S. The van der Waals surface area contributed by atoms with Gasteiger partial charge in [0, 0.05) is 15.0 Å². The molecule has 1 aliphatic carbocycles. The Balaban J connectivity index is 1.97. The summed E-state index contributed by atoms with van der Waals surface area (Å²) in [4.78, 5) is 1.60. The maximum Gasteiger partial charge on any atom is 0.0345 e. The fourth-order valence-electron chi connectivity index (χ4n) is 2.92. The average molecular weight is 244 g/mol. The highest BCUT2D eigenvalue weighted by Crippen LogP contribution is 2.45. The lowest BCUT2D eigenvalue weighted by Gasteiger charge is -2.35. The van der Waals surface area contributed by atoms with Crippen LogP contribution in [0.15, 0.2) is 30.3 Å². The molecule has 0 amide bonds. The second kappa shape index (κ2) is 4.13. The second-order valence-corrected chi connectivity index (χ2v) is 6.98. The van der Waals surface area contributed by atoms with Gasteiger partial charge in [-0.05, 0) is 49.1 Å². The van der Waals surface area contributed by atoms with Crippen molar-refractivity contribution in [2.45, 2.75) is 44.9 Å². The fraction of sp³-hybridized carbons (Fsp3) is 0.500. The Labute approximate surface area is 108 Å². The SMILES string of the molecule is CC1CCC(C)(c2cc3ccccc3s2)CC1. The molecule has 1 heteroatoms. The van der Waals surface area contributed by atoms with Crippen LogP contribution >= 0.6 is 11.3 Å². The van der Waals surface area contributed by atoms with Gasteiger partial charge in [0.15, 0.2) is 0 Å². The lowest BCUT2D eigenvalue weighted by molar-refractivity contribution is 0.264. The summed E-state index contributed by atoms with van der Waals surface area (Å²) < 4.78 is 1.45. The van der Waals surface area contributed by atoms with Gasteiger partial charge < -0.3 is 0 Å². The van der Waals surface area contributed by atoms with E-state index in [2.05, 4.69) is 44.2 Å². The normalized spacial score (nSPS) is 29.6. The summed E-state index contributed by atoms with van der Waals surface area (Å²) in [6, 6.07) is 11.2. The van der Waals surface area contributed by atoms with Crippen LogP contribution in [0.5, 0.6) is 0 Å². The van der Waals surface area contributed by atoms with Crippen molar-refractivity contribution in [2.24, 2.45) is 5.92 Å². The molecule has 0 nitrogen and oxygen atoms in total. The third-order valence-electron chi connectivity index (χ3n) is 4.40. The molecular weight excluding hydrogens is 224 g/mol. The number of benzene rings is 1. The zero-order valence-corrected chi connectivity index (χ0v) is 11.5. The van der Waals surface area contributed by atoms with Crippen LogP contribution in [-0.4, -0.2) is 0 Å². The summed E-state index contributed by atoms with van der Waals surface area (Å²) in [5.74, 6) is 0.928. The molecule has 1 aromatic carbocycles. The van der Waals surface area contributed by atoms with E-state index in [4.69, 9.17) is 0 Å². The van der Waals surface area contributed by atoms with Gasteiger partial charge in [0.25, 0.3) is 0 Å². The lowest BCUT2D eigenvalue weighted by atomic mass is 9.71. The number of hydrogen-bond acceptors (Lipinski definition) is 1. The average Bonchev–Trinajstić information content (AvgIpc) is 2.77. The highest BCUT2D eigenvalue weighted by molar-refractivity contribution is 7.19. The van der Waals surface area contributed by atoms with Crippen LogP contribution in [0.2, 0.25) is 0 Å². The Morgan fingerprint density at radius 1 is 1.18 bits per heavy atom. The van der Waals surface area contributed by atoms with Crippen LogP contribution in [-0.2, 0) is 5.41 Å². The molecule has 1 aromatic heterocycles. The monoisotopic (exact) mass is 244 g/mol. The van der Waals surface area contributed by atoms with E-state index in [1.165, 1.54) is 35.8 Å². The van der Waals surface area contributed by atoms with Crippen LogP contribution < -0.4 is 0 Å². The van der Waals surface area contributed by atoms with Crippen LogP contribution in [0.3, 0.4) is 0 Å². The number of thiophene rings is 1. The molecule has 1 saturated carbocycles. The van der Waals surface area contributed by atoms with Crippen molar-refractivity contribution < 1.29 is 0 Å². The first-order valence-electron chi connectivity index (χ1n) is 6.66. The van der Waals surface area contributed by atoms with Crippen LogP contribution in [0, 0.1) is 5.92 Å². The molecule has 17 heavy (non-hydrogen) atoms. The van der Waals surface area contributed by atoms with E-state index < -0.39 is 0 Å². The quantitative estimate of drug-likeness (QED) is 0.632. The largest absolute Gasteiger partial charge is 0.140 e. The molecule has 1 heterocycles. The van der Waals surface area contributed by atoms with Crippen molar-refractivity contribution in [3.63, 3.8) is 0 Å². The Kier molecular flexibility index (Phi) is 2.74. The highest BCUT2D eigenvalue weighted by Gasteiger charge is 2.32. The van der Waals surface area contributed by atoms with E-state index in [0.29, 0.717) is 5.41 Å². The predicted octanol–water partition coefficient (Wildman–Crippen LogP) is 5.37. The van der Waals surface area contributed by atoms with Crippen molar-refractivity contribution in [3.05, 3.63) is 35.2 Å². The molecule has 2 aromatic rings. The third-order valence-corrected chi connectivity index (χ3v) is 5.82. The number of fused-ring (bicyclic) bond motifs is 1. The summed E-state index contributed by atoms with van der Waals surface area (Å²) in [6.45, 7) is 4.86. The third kappa shape index (κ3) is 2.01. The summed E-state index contributed by atoms with van der Waals surface area (Å²) in [5.41, 5.74) is 0.441. The summed E-state index contributed by atoms with van der Waals surface area (Å²) >= 11 is 2.00. The predicted molar refractivity (Wildman–Crippen MR) is 76.8 cm³/mol. The maximum absolute atomic E-state index is 2.46. The Hall–Kier alpha value is -0.820. The van der Waals surface area contributed by atoms with Crippen LogP contribution in [0.1, 0.15) is 44.4 Å². The van der Waals surface area contributed by atoms with Gasteiger partial charge in [-0.25, -0.2) is 0 Å². The van der Waals surface area contributed by atoms with Crippen molar-refractivity contribution in [2.75, 3.05) is 0 Å². The van der Waals surface area contributed by atoms with Crippen LogP contribution in [0.25, 0.3) is 10.1 Å². The highest BCUT2D eigenvalue weighted by atomic mass is 32.1. The fourth-order valence-corrected chi connectivity index (χ4v) is 4.19. The summed E-state index contributed by atoms with van der Waals surface area (Å²) in [5, 5.41) is 1.42. The number of hydrogen-bond donors (Lipinski definition) is 0. The van der Waals surface area contributed by atoms with E-state index in [-0.39, 0.29) is 0 Å². The minimum atomic E-state index is 0.441. The topological polar surface area (TPSA) is 0 Å². The van der Waals surface area contributed by atoms with E-state index in [0.717, 1.165) is 5.92 Å². The molecule has 0 saturated heterocycles. The standard InChI is InChI=1S/C16H20S/c1-12-7-9-16(2,10-8-12)15-11-13-5-3-4-6-14(13)17-15/h3-6,11-12H,7-10H2,1-2H3. The molecule has 90 valence electrons. The minimum Gasteiger partial charge on any atom is -0.140 e. The van der Waals surface area contributed by atoms with E-state index >= 15 is 0 Å². The van der Waals surface area contributed by atoms with Gasteiger partial charge in [0.2, 0.25) is 0 Å². The van der Waals surface area contributed by atoms with Crippen LogP contribution in [0.4, 0.5) is 0 Å². The maximum atomic E-state index is 2.46. The Morgan fingerprint density at radius 2 is 1.88 bits per heavy atom. The van der Waals surface area contributed by atoms with Gasteiger partial charge in [-0.2, -0.15) is 0 Å². The van der Waals surface area contributed by atoms with Crippen molar-refractivity contribution in [3.8, 4) is 0 Å². The van der Waals surface area contributed by atoms with Gasteiger partial charge >= 0.3 is 0 Å². The Bertz CT molecular complexity index is 482. The number of rotatable bonds is 1.